The fourth-order valence-electron chi connectivity index (χ4n) is 2.87. The van der Waals surface area contributed by atoms with Crippen LogP contribution in [0.4, 0.5) is 10.1 Å². The second kappa shape index (κ2) is 4.32. The molecule has 0 radical (unpaired) electrons. The fourth-order valence-corrected chi connectivity index (χ4v) is 2.87. The van der Waals surface area contributed by atoms with E-state index in [9.17, 15) is 4.39 Å². The van der Waals surface area contributed by atoms with Crippen LogP contribution in [0.2, 0.25) is 0 Å². The zero-order chi connectivity index (χ0) is 14.6. The van der Waals surface area contributed by atoms with Crippen molar-refractivity contribution in [3.05, 3.63) is 53.6 Å². The fraction of sp³-hybridized carbons (Fsp3) is 0.235. The average molecular weight is 281 g/mol. The van der Waals surface area contributed by atoms with Crippen molar-refractivity contribution in [2.24, 2.45) is 0 Å². The minimum absolute atomic E-state index is 0.215. The smallest absolute Gasteiger partial charge is 0.147 e. The van der Waals surface area contributed by atoms with Gasteiger partial charge >= 0.3 is 0 Å². The number of aromatic nitrogens is 2. The Bertz CT molecular complexity index is 826. The second-order valence-electron chi connectivity index (χ2n) is 5.73. The van der Waals surface area contributed by atoms with E-state index in [1.807, 2.05) is 35.8 Å². The summed E-state index contributed by atoms with van der Waals surface area (Å²) < 4.78 is 16.4. The van der Waals surface area contributed by atoms with Crippen LogP contribution in [0.3, 0.4) is 0 Å². The Labute approximate surface area is 122 Å². The van der Waals surface area contributed by atoms with Crippen LogP contribution in [0, 0.1) is 12.7 Å². The van der Waals surface area contributed by atoms with Gasteiger partial charge in [0, 0.05) is 11.6 Å². The third-order valence-electron chi connectivity index (χ3n) is 4.06. The van der Waals surface area contributed by atoms with Crippen molar-refractivity contribution in [3.63, 3.8) is 0 Å². The van der Waals surface area contributed by atoms with E-state index in [1.165, 1.54) is 6.07 Å². The number of aryl methyl sites for hydroxylation is 1. The lowest BCUT2D eigenvalue weighted by atomic mass is 10.1. The van der Waals surface area contributed by atoms with E-state index < -0.39 is 0 Å². The van der Waals surface area contributed by atoms with Crippen molar-refractivity contribution < 1.29 is 4.39 Å². The molecular formula is C17H16FN3. The molecule has 0 aliphatic heterocycles. The summed E-state index contributed by atoms with van der Waals surface area (Å²) in [7, 11) is 0. The molecular weight excluding hydrogens is 265 g/mol. The van der Waals surface area contributed by atoms with Crippen molar-refractivity contribution in [1.82, 2.24) is 9.55 Å². The zero-order valence-electron chi connectivity index (χ0n) is 11.8. The number of benzene rings is 2. The number of halogens is 1. The van der Waals surface area contributed by atoms with Crippen molar-refractivity contribution in [2.45, 2.75) is 25.7 Å². The third-order valence-corrected chi connectivity index (χ3v) is 4.06. The Balaban J connectivity index is 2.09. The number of anilines is 1. The van der Waals surface area contributed by atoms with Gasteiger partial charge in [-0.1, -0.05) is 12.1 Å². The van der Waals surface area contributed by atoms with Gasteiger partial charge in [0.15, 0.2) is 0 Å². The summed E-state index contributed by atoms with van der Waals surface area (Å²) in [6.45, 7) is 1.93. The molecule has 21 heavy (non-hydrogen) atoms. The summed E-state index contributed by atoms with van der Waals surface area (Å²) in [6, 6.07) is 10.8. The number of rotatable bonds is 2. The predicted octanol–water partition coefficient (Wildman–Crippen LogP) is 3.93. The van der Waals surface area contributed by atoms with Gasteiger partial charge in [-0.05, 0) is 49.6 Å². The quantitative estimate of drug-likeness (QED) is 0.723. The highest BCUT2D eigenvalue weighted by molar-refractivity contribution is 5.82. The van der Waals surface area contributed by atoms with Crippen molar-refractivity contribution in [1.29, 1.82) is 0 Å². The molecule has 1 aliphatic carbocycles. The summed E-state index contributed by atoms with van der Waals surface area (Å²) in [5.41, 5.74) is 9.79. The minimum Gasteiger partial charge on any atom is -0.399 e. The van der Waals surface area contributed by atoms with Crippen LogP contribution in [0.5, 0.6) is 0 Å². The molecule has 3 nitrogen and oxygen atoms in total. The SMILES string of the molecule is Cc1cccc(F)c1-n1c(C2CC2)nc2cc(N)ccc21. The molecule has 1 aromatic heterocycles. The van der Waals surface area contributed by atoms with Crippen LogP contribution in [-0.2, 0) is 0 Å². The van der Waals surface area contributed by atoms with E-state index in [0.29, 0.717) is 17.3 Å². The molecule has 2 aromatic carbocycles. The van der Waals surface area contributed by atoms with Gasteiger partial charge in [0.1, 0.15) is 11.6 Å². The number of hydrogen-bond donors (Lipinski definition) is 1. The highest BCUT2D eigenvalue weighted by atomic mass is 19.1. The van der Waals surface area contributed by atoms with Crippen LogP contribution < -0.4 is 5.73 Å². The number of imidazole rings is 1. The minimum atomic E-state index is -0.215. The predicted molar refractivity (Wildman–Crippen MR) is 82.2 cm³/mol. The molecule has 0 amide bonds. The molecule has 0 bridgehead atoms. The Morgan fingerprint density at radius 3 is 2.76 bits per heavy atom. The summed E-state index contributed by atoms with van der Waals surface area (Å²) in [5.74, 6) is 1.16. The molecule has 106 valence electrons. The van der Waals surface area contributed by atoms with E-state index in [2.05, 4.69) is 0 Å². The number of fused-ring (bicyclic) bond motifs is 1. The number of nitrogens with zero attached hydrogens (tertiary/aromatic N) is 2. The van der Waals surface area contributed by atoms with Crippen molar-refractivity contribution >= 4 is 16.7 Å². The molecule has 1 saturated carbocycles. The van der Waals surface area contributed by atoms with E-state index >= 15 is 0 Å². The van der Waals surface area contributed by atoms with Gasteiger partial charge in [-0.15, -0.1) is 0 Å². The van der Waals surface area contributed by atoms with Crippen LogP contribution >= 0.6 is 0 Å². The highest BCUT2D eigenvalue weighted by Gasteiger charge is 2.31. The van der Waals surface area contributed by atoms with Gasteiger partial charge in [0.25, 0.3) is 0 Å². The summed E-state index contributed by atoms with van der Waals surface area (Å²) in [4.78, 5) is 4.71. The zero-order valence-corrected chi connectivity index (χ0v) is 11.8. The first-order chi connectivity index (χ1) is 10.1. The summed E-state index contributed by atoms with van der Waals surface area (Å²) in [5, 5.41) is 0. The van der Waals surface area contributed by atoms with E-state index in [0.717, 1.165) is 35.3 Å². The average Bonchev–Trinajstić information content (AvgIpc) is 3.22. The largest absolute Gasteiger partial charge is 0.399 e. The number of hydrogen-bond acceptors (Lipinski definition) is 2. The number of nitrogen functional groups attached to an aromatic ring is 1. The van der Waals surface area contributed by atoms with Crippen molar-refractivity contribution in [3.8, 4) is 5.69 Å². The molecule has 0 unspecified atom stereocenters. The van der Waals surface area contributed by atoms with Gasteiger partial charge in [-0.3, -0.25) is 4.57 Å². The first-order valence-electron chi connectivity index (χ1n) is 7.18. The van der Waals surface area contributed by atoms with Crippen LogP contribution in [-0.4, -0.2) is 9.55 Å². The summed E-state index contributed by atoms with van der Waals surface area (Å²) >= 11 is 0. The normalized spacial score (nSPS) is 14.8. The molecule has 4 rings (SSSR count). The Hall–Kier alpha value is -2.36. The molecule has 1 fully saturated rings. The molecule has 4 heteroatoms. The lowest BCUT2D eigenvalue weighted by Crippen LogP contribution is -2.04. The Morgan fingerprint density at radius 2 is 2.05 bits per heavy atom. The first kappa shape index (κ1) is 12.4. The van der Waals surface area contributed by atoms with E-state index in [-0.39, 0.29) is 5.82 Å². The summed E-state index contributed by atoms with van der Waals surface area (Å²) in [6.07, 6.45) is 2.23. The van der Waals surface area contributed by atoms with E-state index in [1.54, 1.807) is 6.07 Å². The molecule has 0 atom stereocenters. The van der Waals surface area contributed by atoms with Gasteiger partial charge < -0.3 is 5.73 Å². The Kier molecular flexibility index (Phi) is 2.55. The van der Waals surface area contributed by atoms with Gasteiger partial charge in [-0.25, -0.2) is 9.37 Å². The van der Waals surface area contributed by atoms with Gasteiger partial charge in [-0.2, -0.15) is 0 Å². The third kappa shape index (κ3) is 1.90. The molecule has 0 spiro atoms. The van der Waals surface area contributed by atoms with Crippen LogP contribution in [0.15, 0.2) is 36.4 Å². The monoisotopic (exact) mass is 281 g/mol. The first-order valence-corrected chi connectivity index (χ1v) is 7.18. The highest BCUT2D eigenvalue weighted by Crippen LogP contribution is 2.42. The maximum Gasteiger partial charge on any atom is 0.147 e. The molecule has 2 N–H and O–H groups in total. The van der Waals surface area contributed by atoms with Crippen LogP contribution in [0.1, 0.15) is 30.1 Å². The topological polar surface area (TPSA) is 43.8 Å². The second-order valence-corrected chi connectivity index (χ2v) is 5.73. The standard InChI is InChI=1S/C17H16FN3/c1-10-3-2-4-13(18)16(10)21-15-8-7-12(19)9-14(15)20-17(21)11-5-6-11/h2-4,7-9,11H,5-6,19H2,1H3. The van der Waals surface area contributed by atoms with Crippen LogP contribution in [0.25, 0.3) is 16.7 Å². The maximum absolute atomic E-state index is 14.4. The Morgan fingerprint density at radius 1 is 1.24 bits per heavy atom. The molecule has 3 aromatic rings. The lowest BCUT2D eigenvalue weighted by Gasteiger charge is -2.13. The van der Waals surface area contributed by atoms with E-state index in [4.69, 9.17) is 10.7 Å². The number of nitrogens with two attached hydrogens (primary N) is 1. The molecule has 1 heterocycles. The van der Waals surface area contributed by atoms with Crippen molar-refractivity contribution in [2.75, 3.05) is 5.73 Å². The number of para-hydroxylation sites is 1. The lowest BCUT2D eigenvalue weighted by molar-refractivity contribution is 0.615. The molecule has 0 saturated heterocycles. The molecule has 1 aliphatic rings. The maximum atomic E-state index is 14.4. The van der Waals surface area contributed by atoms with Gasteiger partial charge in [0.2, 0.25) is 0 Å². The van der Waals surface area contributed by atoms with Gasteiger partial charge in [0.05, 0.1) is 16.7 Å².